The van der Waals surface area contributed by atoms with E-state index in [2.05, 4.69) is 15.5 Å². The van der Waals surface area contributed by atoms with Gasteiger partial charge in [-0.15, -0.1) is 11.6 Å². The molecule has 1 aromatic carbocycles. The molecule has 6 nitrogen and oxygen atoms in total. The zero-order valence-electron chi connectivity index (χ0n) is 10.1. The van der Waals surface area contributed by atoms with Crippen molar-refractivity contribution >= 4 is 17.3 Å². The zero-order valence-corrected chi connectivity index (χ0v) is 10.8. The van der Waals surface area contributed by atoms with Crippen LogP contribution in [-0.4, -0.2) is 39.6 Å². The zero-order chi connectivity index (χ0) is 13.7. The highest BCUT2D eigenvalue weighted by Crippen LogP contribution is 2.25. The minimum absolute atomic E-state index is 0.159. The molecule has 7 heteroatoms. The van der Waals surface area contributed by atoms with Crippen LogP contribution in [0.5, 0.6) is 0 Å². The molecule has 102 valence electrons. The normalized spacial score (nSPS) is 12.4. The number of aliphatic hydroxyl groups is 2. The van der Waals surface area contributed by atoms with Crippen molar-refractivity contribution in [2.75, 3.05) is 18.5 Å². The van der Waals surface area contributed by atoms with Crippen LogP contribution < -0.4 is 5.32 Å². The Kier molecular flexibility index (Phi) is 4.73. The number of para-hydroxylation sites is 1. The van der Waals surface area contributed by atoms with Crippen LogP contribution in [0.1, 0.15) is 5.89 Å². The monoisotopic (exact) mass is 283 g/mol. The van der Waals surface area contributed by atoms with E-state index in [1.807, 2.05) is 24.3 Å². The summed E-state index contributed by atoms with van der Waals surface area (Å²) in [5.41, 5.74) is 1.49. The maximum absolute atomic E-state index is 9.34. The van der Waals surface area contributed by atoms with Crippen molar-refractivity contribution in [3.63, 3.8) is 0 Å². The van der Waals surface area contributed by atoms with E-state index in [0.29, 0.717) is 11.7 Å². The third-order valence-corrected chi connectivity index (χ3v) is 2.72. The van der Waals surface area contributed by atoms with Crippen molar-refractivity contribution < 1.29 is 14.7 Å². The van der Waals surface area contributed by atoms with Crippen molar-refractivity contribution in [2.24, 2.45) is 0 Å². The van der Waals surface area contributed by atoms with Gasteiger partial charge in [0.15, 0.2) is 0 Å². The topological polar surface area (TPSA) is 91.4 Å². The van der Waals surface area contributed by atoms with Crippen LogP contribution in [-0.2, 0) is 5.88 Å². The lowest BCUT2D eigenvalue weighted by atomic mass is 10.1. The highest BCUT2D eigenvalue weighted by Gasteiger charge is 2.12. The van der Waals surface area contributed by atoms with E-state index in [0.717, 1.165) is 11.3 Å². The second-order valence-electron chi connectivity index (χ2n) is 3.91. The lowest BCUT2D eigenvalue weighted by Gasteiger charge is -2.12. The second kappa shape index (κ2) is 6.51. The standard InChI is InChI=1S/C12H14ClN3O3/c13-5-11-15-12(16-19-11)9-3-1-2-4-10(9)14-6-8(18)7-17/h1-4,8,14,17-18H,5-7H2. The number of halogens is 1. The molecule has 2 rings (SSSR count). The molecule has 3 N–H and O–H groups in total. The van der Waals surface area contributed by atoms with Crippen LogP contribution >= 0.6 is 11.6 Å². The third-order valence-electron chi connectivity index (χ3n) is 2.49. The molecule has 0 aliphatic carbocycles. The number of benzene rings is 1. The first-order valence-corrected chi connectivity index (χ1v) is 6.28. The predicted molar refractivity (Wildman–Crippen MR) is 70.9 cm³/mol. The average molecular weight is 284 g/mol. The summed E-state index contributed by atoms with van der Waals surface area (Å²) in [4.78, 5) is 4.15. The smallest absolute Gasteiger partial charge is 0.241 e. The number of hydrogen-bond donors (Lipinski definition) is 3. The number of nitrogens with one attached hydrogen (secondary N) is 1. The molecular formula is C12H14ClN3O3. The van der Waals surface area contributed by atoms with Gasteiger partial charge in [0.2, 0.25) is 11.7 Å². The molecule has 0 aliphatic rings. The molecule has 0 bridgehead atoms. The second-order valence-corrected chi connectivity index (χ2v) is 4.18. The Balaban J connectivity index is 2.20. The maximum Gasteiger partial charge on any atom is 0.241 e. The lowest BCUT2D eigenvalue weighted by molar-refractivity contribution is 0.105. The fourth-order valence-electron chi connectivity index (χ4n) is 1.54. The van der Waals surface area contributed by atoms with Gasteiger partial charge >= 0.3 is 0 Å². The van der Waals surface area contributed by atoms with Gasteiger partial charge in [-0.1, -0.05) is 17.3 Å². The molecule has 0 radical (unpaired) electrons. The van der Waals surface area contributed by atoms with Crippen LogP contribution in [0.2, 0.25) is 0 Å². The Morgan fingerprint density at radius 3 is 2.84 bits per heavy atom. The molecule has 0 saturated carbocycles. The quantitative estimate of drug-likeness (QED) is 0.691. The fourth-order valence-corrected chi connectivity index (χ4v) is 1.65. The predicted octanol–water partition coefficient (Wildman–Crippen LogP) is 1.24. The summed E-state index contributed by atoms with van der Waals surface area (Å²) in [5, 5.41) is 25.0. The number of rotatable bonds is 6. The molecule has 1 heterocycles. The van der Waals surface area contributed by atoms with E-state index in [-0.39, 0.29) is 19.0 Å². The highest BCUT2D eigenvalue weighted by atomic mass is 35.5. The first-order chi connectivity index (χ1) is 9.24. The molecule has 0 amide bonds. The van der Waals surface area contributed by atoms with Crippen molar-refractivity contribution in [1.29, 1.82) is 0 Å². The van der Waals surface area contributed by atoms with E-state index in [4.69, 9.17) is 21.2 Å². The Morgan fingerprint density at radius 1 is 1.37 bits per heavy atom. The number of aromatic nitrogens is 2. The van der Waals surface area contributed by atoms with Gasteiger partial charge in [-0.3, -0.25) is 0 Å². The van der Waals surface area contributed by atoms with Crippen molar-refractivity contribution in [3.05, 3.63) is 30.2 Å². The fraction of sp³-hybridized carbons (Fsp3) is 0.333. The minimum Gasteiger partial charge on any atom is -0.394 e. The molecule has 0 aliphatic heterocycles. The summed E-state index contributed by atoms with van der Waals surface area (Å²) < 4.78 is 4.96. The summed E-state index contributed by atoms with van der Waals surface area (Å²) in [7, 11) is 0. The Hall–Kier alpha value is -1.63. The molecule has 1 atom stereocenters. The van der Waals surface area contributed by atoms with Gasteiger partial charge in [0.25, 0.3) is 0 Å². The van der Waals surface area contributed by atoms with Crippen LogP contribution in [0.25, 0.3) is 11.4 Å². The van der Waals surface area contributed by atoms with E-state index in [1.165, 1.54) is 0 Å². The SMILES string of the molecule is OCC(O)CNc1ccccc1-c1noc(CCl)n1. The van der Waals surface area contributed by atoms with Crippen molar-refractivity contribution in [3.8, 4) is 11.4 Å². The molecule has 1 unspecified atom stereocenters. The van der Waals surface area contributed by atoms with Crippen LogP contribution in [0.3, 0.4) is 0 Å². The Bertz CT molecular complexity index is 532. The largest absolute Gasteiger partial charge is 0.394 e. The minimum atomic E-state index is -0.822. The molecule has 1 aromatic heterocycles. The first kappa shape index (κ1) is 13.8. The van der Waals surface area contributed by atoms with E-state index < -0.39 is 6.10 Å². The van der Waals surface area contributed by atoms with Gasteiger partial charge in [0.1, 0.15) is 5.88 Å². The molecule has 0 fully saturated rings. The van der Waals surface area contributed by atoms with Crippen molar-refractivity contribution in [2.45, 2.75) is 12.0 Å². The average Bonchev–Trinajstić information content (AvgIpc) is 2.93. The van der Waals surface area contributed by atoms with Crippen molar-refractivity contribution in [1.82, 2.24) is 10.1 Å². The summed E-state index contributed by atoms with van der Waals surface area (Å²) >= 11 is 5.62. The van der Waals surface area contributed by atoms with E-state index >= 15 is 0 Å². The summed E-state index contributed by atoms with van der Waals surface area (Å²) in [6.45, 7) is -0.0680. The lowest BCUT2D eigenvalue weighted by Crippen LogP contribution is -2.23. The Morgan fingerprint density at radius 2 is 2.16 bits per heavy atom. The maximum atomic E-state index is 9.34. The molecule has 0 saturated heterocycles. The van der Waals surface area contributed by atoms with Gasteiger partial charge in [-0.2, -0.15) is 4.98 Å². The molecular weight excluding hydrogens is 270 g/mol. The highest BCUT2D eigenvalue weighted by molar-refractivity contribution is 6.16. The number of alkyl halides is 1. The molecule has 0 spiro atoms. The van der Waals surface area contributed by atoms with E-state index in [1.54, 1.807) is 0 Å². The summed E-state index contributed by atoms with van der Waals surface area (Å²) in [6.07, 6.45) is -0.822. The van der Waals surface area contributed by atoms with Crippen LogP contribution in [0.4, 0.5) is 5.69 Å². The molecule has 19 heavy (non-hydrogen) atoms. The van der Waals surface area contributed by atoms with Gasteiger partial charge < -0.3 is 20.1 Å². The van der Waals surface area contributed by atoms with Gasteiger partial charge in [-0.25, -0.2) is 0 Å². The summed E-state index contributed by atoms with van der Waals surface area (Å²) in [5.74, 6) is 0.935. The Labute approximate surface area is 115 Å². The summed E-state index contributed by atoms with van der Waals surface area (Å²) in [6, 6.07) is 7.35. The number of hydrogen-bond acceptors (Lipinski definition) is 6. The van der Waals surface area contributed by atoms with Gasteiger partial charge in [0.05, 0.1) is 12.7 Å². The third kappa shape index (κ3) is 3.44. The number of aliphatic hydroxyl groups excluding tert-OH is 2. The first-order valence-electron chi connectivity index (χ1n) is 5.75. The number of anilines is 1. The number of nitrogens with zero attached hydrogens (tertiary/aromatic N) is 2. The van der Waals surface area contributed by atoms with Crippen LogP contribution in [0, 0.1) is 0 Å². The van der Waals surface area contributed by atoms with Gasteiger partial charge in [0, 0.05) is 17.8 Å². The van der Waals surface area contributed by atoms with Gasteiger partial charge in [-0.05, 0) is 12.1 Å². The molecule has 2 aromatic rings. The van der Waals surface area contributed by atoms with Crippen LogP contribution in [0.15, 0.2) is 28.8 Å². The van der Waals surface area contributed by atoms with E-state index in [9.17, 15) is 5.11 Å².